The molecule has 2 aromatic rings. The topological polar surface area (TPSA) is 127 Å². The van der Waals surface area contributed by atoms with Gasteiger partial charge in [0.2, 0.25) is 5.82 Å². The van der Waals surface area contributed by atoms with Crippen LogP contribution in [-0.4, -0.2) is 40.0 Å². The number of anilines is 2. The van der Waals surface area contributed by atoms with E-state index in [4.69, 9.17) is 10.5 Å². The van der Waals surface area contributed by atoms with Crippen LogP contribution < -0.4 is 16.6 Å². The molecule has 29 heavy (non-hydrogen) atoms. The third-order valence-electron chi connectivity index (χ3n) is 4.57. The fraction of sp³-hybridized carbons (Fsp3) is 0.333. The predicted octanol–water partition coefficient (Wildman–Crippen LogP) is 1.39. The summed E-state index contributed by atoms with van der Waals surface area (Å²) in [5, 5.41) is 20.9. The second kappa shape index (κ2) is 8.73. The lowest BCUT2D eigenvalue weighted by Crippen LogP contribution is -2.34. The van der Waals surface area contributed by atoms with E-state index in [0.29, 0.717) is 3.57 Å². The second-order valence-electron chi connectivity index (χ2n) is 6.42. The lowest BCUT2D eigenvalue weighted by atomic mass is 10.1. The molecule has 8 nitrogen and oxygen atoms in total. The minimum atomic E-state index is -1.32. The van der Waals surface area contributed by atoms with Crippen molar-refractivity contribution in [2.24, 2.45) is 5.73 Å². The normalized spacial score (nSPS) is 15.6. The number of nitrogens with one attached hydrogen (secondary N) is 1. The third kappa shape index (κ3) is 4.13. The number of hydrogen-bond acceptors (Lipinski definition) is 6. The Hall–Kier alpha value is -2.09. The van der Waals surface area contributed by atoms with E-state index in [2.05, 4.69) is 5.32 Å². The van der Waals surface area contributed by atoms with Crippen molar-refractivity contribution in [3.8, 4) is 0 Å². The number of halogens is 3. The van der Waals surface area contributed by atoms with Crippen LogP contribution in [-0.2, 0) is 11.2 Å². The first-order valence-electron chi connectivity index (χ1n) is 8.64. The number of hydrogen-bond donors (Lipinski definition) is 4. The van der Waals surface area contributed by atoms with Crippen molar-refractivity contribution < 1.29 is 28.5 Å². The Balaban J connectivity index is 2.12. The van der Waals surface area contributed by atoms with Gasteiger partial charge in [-0.2, -0.15) is 4.39 Å². The molecule has 0 radical (unpaired) electrons. The summed E-state index contributed by atoms with van der Waals surface area (Å²) in [6.07, 6.45) is -1.60. The molecule has 156 valence electrons. The first kappa shape index (κ1) is 21.6. The molecule has 3 rings (SSSR count). The van der Waals surface area contributed by atoms with Crippen molar-refractivity contribution in [1.29, 1.82) is 0 Å². The molecule has 0 fully saturated rings. The summed E-state index contributed by atoms with van der Waals surface area (Å²) in [7, 11) is 0. The molecule has 1 aromatic heterocycles. The van der Waals surface area contributed by atoms with Gasteiger partial charge in [0, 0.05) is 9.26 Å². The van der Waals surface area contributed by atoms with Gasteiger partial charge in [-0.15, -0.1) is 0 Å². The summed E-state index contributed by atoms with van der Waals surface area (Å²) >= 11 is 1.91. The number of fused-ring (bicyclic) bond motifs is 1. The zero-order valence-electron chi connectivity index (χ0n) is 15.0. The van der Waals surface area contributed by atoms with Crippen LogP contribution in [0.4, 0.5) is 20.2 Å². The highest BCUT2D eigenvalue weighted by atomic mass is 127. The van der Waals surface area contributed by atoms with E-state index < -0.39 is 54.3 Å². The van der Waals surface area contributed by atoms with E-state index in [-0.39, 0.29) is 29.8 Å². The van der Waals surface area contributed by atoms with Crippen molar-refractivity contribution in [2.75, 3.05) is 18.5 Å². The second-order valence-corrected chi connectivity index (χ2v) is 7.66. The SMILES string of the molecule is NC(=O)c1c(Nc2ccc(I)cc2F)c(F)c(=O)n2c1CCC2OC(CO)CO. The zero-order chi connectivity index (χ0) is 21.3. The van der Waals surface area contributed by atoms with Crippen LogP contribution in [0.3, 0.4) is 0 Å². The summed E-state index contributed by atoms with van der Waals surface area (Å²) in [6.45, 7) is -1.01. The van der Waals surface area contributed by atoms with Crippen molar-refractivity contribution in [3.63, 3.8) is 0 Å². The molecule has 0 spiro atoms. The van der Waals surface area contributed by atoms with Gasteiger partial charge in [0.15, 0.2) is 0 Å². The van der Waals surface area contributed by atoms with E-state index in [1.165, 1.54) is 12.1 Å². The van der Waals surface area contributed by atoms with Gasteiger partial charge < -0.3 is 26.0 Å². The maximum absolute atomic E-state index is 15.0. The van der Waals surface area contributed by atoms with Gasteiger partial charge in [0.1, 0.15) is 18.1 Å². The molecule has 0 aliphatic carbocycles. The highest BCUT2D eigenvalue weighted by Gasteiger charge is 2.34. The van der Waals surface area contributed by atoms with Crippen LogP contribution in [0.15, 0.2) is 23.0 Å². The van der Waals surface area contributed by atoms with Crippen molar-refractivity contribution in [2.45, 2.75) is 25.2 Å². The number of carbonyl (C=O) groups is 1. The molecule has 1 unspecified atom stereocenters. The number of rotatable bonds is 7. The fourth-order valence-corrected chi connectivity index (χ4v) is 3.71. The van der Waals surface area contributed by atoms with Crippen molar-refractivity contribution in [1.82, 2.24) is 4.57 Å². The molecule has 1 aliphatic rings. The Kier molecular flexibility index (Phi) is 6.51. The number of nitrogens with two attached hydrogens (primary N) is 1. The smallest absolute Gasteiger partial charge is 0.291 e. The highest BCUT2D eigenvalue weighted by molar-refractivity contribution is 14.1. The Bertz CT molecular complexity index is 1010. The summed E-state index contributed by atoms with van der Waals surface area (Å²) in [5.41, 5.74) is 3.58. The van der Waals surface area contributed by atoms with Gasteiger partial charge in [-0.3, -0.25) is 14.2 Å². The monoisotopic (exact) mass is 521 g/mol. The van der Waals surface area contributed by atoms with E-state index in [1.807, 2.05) is 22.6 Å². The molecule has 1 atom stereocenters. The first-order valence-corrected chi connectivity index (χ1v) is 9.72. The number of primary amides is 1. The van der Waals surface area contributed by atoms with Crippen LogP contribution in [0.2, 0.25) is 0 Å². The predicted molar refractivity (Wildman–Crippen MR) is 108 cm³/mol. The molecule has 11 heteroatoms. The average molecular weight is 521 g/mol. The van der Waals surface area contributed by atoms with Crippen LogP contribution in [0, 0.1) is 15.2 Å². The Labute approximate surface area is 177 Å². The lowest BCUT2D eigenvalue weighted by molar-refractivity contribution is -0.0914. The maximum atomic E-state index is 15.0. The van der Waals surface area contributed by atoms with E-state index in [0.717, 1.165) is 4.57 Å². The van der Waals surface area contributed by atoms with Crippen LogP contribution in [0.25, 0.3) is 0 Å². The molecule has 5 N–H and O–H groups in total. The molecule has 1 aliphatic heterocycles. The Morgan fingerprint density at radius 1 is 1.38 bits per heavy atom. The fourth-order valence-electron chi connectivity index (χ4n) is 3.25. The quantitative estimate of drug-likeness (QED) is 0.408. The van der Waals surface area contributed by atoms with Crippen molar-refractivity contribution in [3.05, 3.63) is 55.0 Å². The van der Waals surface area contributed by atoms with Crippen molar-refractivity contribution >= 4 is 39.9 Å². The largest absolute Gasteiger partial charge is 0.394 e. The molecule has 1 amide bonds. The molecule has 1 aromatic carbocycles. The van der Waals surface area contributed by atoms with Gasteiger partial charge in [-0.1, -0.05) is 0 Å². The molecular formula is C18H18F2IN3O5. The summed E-state index contributed by atoms with van der Waals surface area (Å²) in [5.74, 6) is -3.01. The van der Waals surface area contributed by atoms with E-state index in [1.54, 1.807) is 6.07 Å². The maximum Gasteiger partial charge on any atom is 0.291 e. The third-order valence-corrected chi connectivity index (χ3v) is 5.24. The molecule has 0 saturated carbocycles. The van der Waals surface area contributed by atoms with E-state index >= 15 is 0 Å². The van der Waals surface area contributed by atoms with Crippen LogP contribution in [0.1, 0.15) is 28.7 Å². The highest BCUT2D eigenvalue weighted by Crippen LogP contribution is 2.34. The standard InChI is InChI=1S/C18H18F2IN3O5/c19-10-5-8(21)1-2-11(10)23-16-14(17(22)27)12-3-4-13(29-9(6-25)7-26)24(12)18(28)15(16)20/h1-2,5,9,13,23,25-26H,3-4,6-7H2,(H2,22,27). The van der Waals surface area contributed by atoms with Gasteiger partial charge in [-0.25, -0.2) is 4.39 Å². The lowest BCUT2D eigenvalue weighted by Gasteiger charge is -2.22. The number of aliphatic hydroxyl groups is 2. The van der Waals surface area contributed by atoms with Crippen LogP contribution in [0.5, 0.6) is 0 Å². The van der Waals surface area contributed by atoms with Gasteiger partial charge in [0.25, 0.3) is 11.5 Å². The molecule has 0 bridgehead atoms. The number of nitrogens with zero attached hydrogens (tertiary/aromatic N) is 1. The van der Waals surface area contributed by atoms with Gasteiger partial charge >= 0.3 is 0 Å². The summed E-state index contributed by atoms with van der Waals surface area (Å²) < 4.78 is 36.2. The minimum absolute atomic E-state index is 0.123. The number of ether oxygens (including phenoxy) is 1. The van der Waals surface area contributed by atoms with E-state index in [9.17, 15) is 28.6 Å². The summed E-state index contributed by atoms with van der Waals surface area (Å²) in [4.78, 5) is 24.7. The number of benzene rings is 1. The number of aliphatic hydroxyl groups excluding tert-OH is 2. The minimum Gasteiger partial charge on any atom is -0.394 e. The first-order chi connectivity index (χ1) is 13.8. The number of carbonyl (C=O) groups excluding carboxylic acids is 1. The molecule has 2 heterocycles. The average Bonchev–Trinajstić information content (AvgIpc) is 3.08. The Morgan fingerprint density at radius 3 is 2.66 bits per heavy atom. The van der Waals surface area contributed by atoms with Gasteiger partial charge in [0.05, 0.1) is 30.2 Å². The number of amides is 1. The molecule has 0 saturated heterocycles. The summed E-state index contributed by atoms with van der Waals surface area (Å²) in [6, 6.07) is 4.13. The number of aromatic nitrogens is 1. The molecular weight excluding hydrogens is 503 g/mol. The van der Waals surface area contributed by atoms with Crippen LogP contribution >= 0.6 is 22.6 Å². The van der Waals surface area contributed by atoms with Gasteiger partial charge in [-0.05, 0) is 53.6 Å². The zero-order valence-corrected chi connectivity index (χ0v) is 17.2. The Morgan fingerprint density at radius 2 is 2.07 bits per heavy atom. The number of pyridine rings is 1.